The molecule has 0 saturated carbocycles. The van der Waals surface area contributed by atoms with E-state index in [-0.39, 0.29) is 0 Å². The highest BCUT2D eigenvalue weighted by atomic mass is 16.3. The third kappa shape index (κ3) is 3.58. The van der Waals surface area contributed by atoms with Crippen LogP contribution in [0.15, 0.2) is 24.3 Å². The molecule has 0 radical (unpaired) electrons. The summed E-state index contributed by atoms with van der Waals surface area (Å²) >= 11 is 0. The van der Waals surface area contributed by atoms with E-state index >= 15 is 0 Å². The van der Waals surface area contributed by atoms with Crippen LogP contribution in [0, 0.1) is 11.8 Å². The van der Waals surface area contributed by atoms with E-state index in [0.717, 1.165) is 37.9 Å². The number of piperidine rings is 1. The van der Waals surface area contributed by atoms with Gasteiger partial charge >= 0.3 is 0 Å². The van der Waals surface area contributed by atoms with E-state index in [4.69, 9.17) is 0 Å². The fourth-order valence-corrected chi connectivity index (χ4v) is 3.07. The molecule has 2 N–H and O–H groups in total. The molecule has 0 aliphatic carbocycles. The van der Waals surface area contributed by atoms with Crippen LogP contribution >= 0.6 is 0 Å². The quantitative estimate of drug-likeness (QED) is 0.873. The van der Waals surface area contributed by atoms with Gasteiger partial charge in [-0.1, -0.05) is 38.1 Å². The summed E-state index contributed by atoms with van der Waals surface area (Å²) in [4.78, 5) is 0. The zero-order chi connectivity index (χ0) is 13.9. The molecular formula is C17H27NO. The smallest absolute Gasteiger partial charge is 0.0897 e. The standard InChI is InChI=1S/C17H27NO/c1-13(2)12-14-4-6-15(7-5-14)17(3,19)16-8-10-18-11-9-16/h4-7,13,16,18-19H,8-12H2,1-3H3. The average molecular weight is 261 g/mol. The molecule has 0 amide bonds. The molecule has 1 aromatic rings. The molecule has 2 nitrogen and oxygen atoms in total. The predicted octanol–water partition coefficient (Wildman–Crippen LogP) is 3.09. The Morgan fingerprint density at radius 3 is 2.32 bits per heavy atom. The Balaban J connectivity index is 2.11. The van der Waals surface area contributed by atoms with Crippen molar-refractivity contribution >= 4 is 0 Å². The number of benzene rings is 1. The Bertz CT molecular complexity index is 388. The van der Waals surface area contributed by atoms with E-state index in [2.05, 4.69) is 43.4 Å². The average Bonchev–Trinajstić information content (AvgIpc) is 2.40. The van der Waals surface area contributed by atoms with Crippen LogP contribution in [0.5, 0.6) is 0 Å². The Kier molecular flexibility index (Phi) is 4.64. The van der Waals surface area contributed by atoms with Crippen LogP contribution in [0.3, 0.4) is 0 Å². The lowest BCUT2D eigenvalue weighted by molar-refractivity contribution is -0.0186. The Morgan fingerprint density at radius 1 is 1.21 bits per heavy atom. The number of rotatable bonds is 4. The predicted molar refractivity (Wildman–Crippen MR) is 80.1 cm³/mol. The third-order valence-corrected chi connectivity index (χ3v) is 4.32. The molecule has 106 valence electrons. The van der Waals surface area contributed by atoms with Gasteiger partial charge in [-0.05, 0) is 62.2 Å². The lowest BCUT2D eigenvalue weighted by atomic mass is 9.77. The highest BCUT2D eigenvalue weighted by Crippen LogP contribution is 2.34. The van der Waals surface area contributed by atoms with Crippen molar-refractivity contribution in [2.24, 2.45) is 11.8 Å². The first-order valence-electron chi connectivity index (χ1n) is 7.52. The van der Waals surface area contributed by atoms with Crippen molar-refractivity contribution in [3.05, 3.63) is 35.4 Å². The lowest BCUT2D eigenvalue weighted by Gasteiger charge is -2.36. The first-order chi connectivity index (χ1) is 9.00. The van der Waals surface area contributed by atoms with E-state index in [1.807, 2.05) is 6.92 Å². The van der Waals surface area contributed by atoms with Crippen molar-refractivity contribution in [2.75, 3.05) is 13.1 Å². The second kappa shape index (κ2) is 6.06. The van der Waals surface area contributed by atoms with Gasteiger partial charge in [-0.25, -0.2) is 0 Å². The molecule has 2 heteroatoms. The molecule has 0 spiro atoms. The van der Waals surface area contributed by atoms with Crippen molar-refractivity contribution in [1.82, 2.24) is 5.32 Å². The summed E-state index contributed by atoms with van der Waals surface area (Å²) in [6, 6.07) is 8.56. The molecule has 0 bridgehead atoms. The van der Waals surface area contributed by atoms with Crippen LogP contribution in [0.1, 0.15) is 44.7 Å². The summed E-state index contributed by atoms with van der Waals surface area (Å²) in [5.41, 5.74) is 1.73. The van der Waals surface area contributed by atoms with E-state index in [1.54, 1.807) is 0 Å². The van der Waals surface area contributed by atoms with Crippen molar-refractivity contribution in [2.45, 2.75) is 45.6 Å². The lowest BCUT2D eigenvalue weighted by Crippen LogP contribution is -2.39. The second-order valence-electron chi connectivity index (χ2n) is 6.47. The molecule has 1 aliphatic heterocycles. The molecule has 1 aromatic carbocycles. The van der Waals surface area contributed by atoms with E-state index < -0.39 is 5.60 Å². The van der Waals surface area contributed by atoms with Crippen LogP contribution in [-0.4, -0.2) is 18.2 Å². The first kappa shape index (κ1) is 14.5. The summed E-state index contributed by atoms with van der Waals surface area (Å²) < 4.78 is 0. The van der Waals surface area contributed by atoms with Crippen LogP contribution in [0.4, 0.5) is 0 Å². The molecule has 0 aromatic heterocycles. The van der Waals surface area contributed by atoms with Crippen LogP contribution < -0.4 is 5.32 Å². The van der Waals surface area contributed by atoms with Crippen LogP contribution in [0.25, 0.3) is 0 Å². The van der Waals surface area contributed by atoms with Gasteiger partial charge in [0.15, 0.2) is 0 Å². The second-order valence-corrected chi connectivity index (χ2v) is 6.47. The molecule has 19 heavy (non-hydrogen) atoms. The zero-order valence-corrected chi connectivity index (χ0v) is 12.4. The van der Waals surface area contributed by atoms with Crippen molar-refractivity contribution in [3.63, 3.8) is 0 Å². The Hall–Kier alpha value is -0.860. The van der Waals surface area contributed by atoms with Gasteiger partial charge in [0, 0.05) is 0 Å². The van der Waals surface area contributed by atoms with Gasteiger partial charge in [0.1, 0.15) is 0 Å². The maximum atomic E-state index is 10.9. The first-order valence-corrected chi connectivity index (χ1v) is 7.52. The SMILES string of the molecule is CC(C)Cc1ccc(C(C)(O)C2CCNCC2)cc1. The largest absolute Gasteiger partial charge is 0.385 e. The van der Waals surface area contributed by atoms with Gasteiger partial charge in [0.05, 0.1) is 5.60 Å². The monoisotopic (exact) mass is 261 g/mol. The topological polar surface area (TPSA) is 32.3 Å². The maximum Gasteiger partial charge on any atom is 0.0897 e. The van der Waals surface area contributed by atoms with Crippen molar-refractivity contribution < 1.29 is 5.11 Å². The van der Waals surface area contributed by atoms with Crippen molar-refractivity contribution in [1.29, 1.82) is 0 Å². The van der Waals surface area contributed by atoms with E-state index in [1.165, 1.54) is 5.56 Å². The number of hydrogen-bond acceptors (Lipinski definition) is 2. The third-order valence-electron chi connectivity index (χ3n) is 4.32. The molecular weight excluding hydrogens is 234 g/mol. The molecule has 1 atom stereocenters. The van der Waals surface area contributed by atoms with Gasteiger partial charge < -0.3 is 10.4 Å². The fraction of sp³-hybridized carbons (Fsp3) is 0.647. The number of nitrogens with one attached hydrogen (secondary N) is 1. The van der Waals surface area contributed by atoms with E-state index in [0.29, 0.717) is 11.8 Å². The van der Waals surface area contributed by atoms with Crippen LogP contribution in [-0.2, 0) is 12.0 Å². The van der Waals surface area contributed by atoms with Gasteiger partial charge in [-0.15, -0.1) is 0 Å². The summed E-state index contributed by atoms with van der Waals surface area (Å²) in [5.74, 6) is 1.04. The Labute approximate surface area is 117 Å². The normalized spacial score (nSPS) is 20.5. The minimum Gasteiger partial charge on any atom is -0.385 e. The van der Waals surface area contributed by atoms with Gasteiger partial charge in [0.2, 0.25) is 0 Å². The zero-order valence-electron chi connectivity index (χ0n) is 12.4. The molecule has 1 saturated heterocycles. The van der Waals surface area contributed by atoms with Crippen LogP contribution in [0.2, 0.25) is 0 Å². The maximum absolute atomic E-state index is 10.9. The molecule has 1 fully saturated rings. The van der Waals surface area contributed by atoms with Gasteiger partial charge in [0.25, 0.3) is 0 Å². The minimum absolute atomic E-state index is 0.365. The highest BCUT2D eigenvalue weighted by molar-refractivity contribution is 5.27. The molecule has 1 aliphatic rings. The summed E-state index contributed by atoms with van der Waals surface area (Å²) in [5, 5.41) is 14.2. The molecule has 1 unspecified atom stereocenters. The Morgan fingerprint density at radius 2 is 1.79 bits per heavy atom. The van der Waals surface area contributed by atoms with Gasteiger partial charge in [-0.2, -0.15) is 0 Å². The summed E-state index contributed by atoms with van der Waals surface area (Å²) in [7, 11) is 0. The summed E-state index contributed by atoms with van der Waals surface area (Å²) in [6.07, 6.45) is 3.22. The molecule has 2 rings (SSSR count). The van der Waals surface area contributed by atoms with Crippen molar-refractivity contribution in [3.8, 4) is 0 Å². The van der Waals surface area contributed by atoms with Gasteiger partial charge in [-0.3, -0.25) is 0 Å². The van der Waals surface area contributed by atoms with E-state index in [9.17, 15) is 5.11 Å². The highest BCUT2D eigenvalue weighted by Gasteiger charge is 2.34. The molecule has 1 heterocycles. The number of aliphatic hydroxyl groups is 1. The fourth-order valence-electron chi connectivity index (χ4n) is 3.07. The number of hydrogen-bond donors (Lipinski definition) is 2. The summed E-state index contributed by atoms with van der Waals surface area (Å²) in [6.45, 7) is 8.48. The minimum atomic E-state index is -0.696.